The topological polar surface area (TPSA) is 12.0 Å². The second kappa shape index (κ2) is 6.31. The summed E-state index contributed by atoms with van der Waals surface area (Å²) in [6, 6.07) is 14.9. The first-order chi connectivity index (χ1) is 8.79. The average molecular weight is 243 g/mol. The van der Waals surface area contributed by atoms with Crippen LogP contribution >= 0.6 is 0 Å². The zero-order chi connectivity index (χ0) is 12.8. The molecule has 0 unspecified atom stereocenters. The van der Waals surface area contributed by atoms with Crippen molar-refractivity contribution in [3.8, 4) is 11.1 Å². The molecule has 2 heteroatoms. The fourth-order valence-corrected chi connectivity index (χ4v) is 1.89. The Labute approximate surface area is 108 Å². The van der Waals surface area contributed by atoms with Gasteiger partial charge < -0.3 is 5.32 Å². The third-order valence-corrected chi connectivity index (χ3v) is 2.87. The summed E-state index contributed by atoms with van der Waals surface area (Å²) in [6.45, 7) is 4.07. The molecule has 0 saturated carbocycles. The number of benzene rings is 2. The summed E-state index contributed by atoms with van der Waals surface area (Å²) in [5.41, 5.74) is 3.22. The maximum Gasteiger partial charge on any atom is 0.123 e. The van der Waals surface area contributed by atoms with Crippen molar-refractivity contribution in [3.05, 3.63) is 59.9 Å². The minimum absolute atomic E-state index is 0.193. The Kier molecular flexibility index (Phi) is 4.48. The van der Waals surface area contributed by atoms with Gasteiger partial charge in [-0.05, 0) is 41.8 Å². The highest BCUT2D eigenvalue weighted by Crippen LogP contribution is 2.20. The molecule has 1 N–H and O–H groups in total. The molecule has 0 amide bonds. The van der Waals surface area contributed by atoms with Gasteiger partial charge in [-0.1, -0.05) is 43.3 Å². The molecule has 94 valence electrons. The third-order valence-electron chi connectivity index (χ3n) is 2.87. The van der Waals surface area contributed by atoms with Gasteiger partial charge in [0.05, 0.1) is 0 Å². The van der Waals surface area contributed by atoms with Crippen LogP contribution in [0.1, 0.15) is 18.9 Å². The van der Waals surface area contributed by atoms with Gasteiger partial charge in [0, 0.05) is 6.54 Å². The number of hydrogen-bond donors (Lipinski definition) is 1. The van der Waals surface area contributed by atoms with Gasteiger partial charge in [-0.3, -0.25) is 0 Å². The van der Waals surface area contributed by atoms with E-state index in [1.165, 1.54) is 11.6 Å². The lowest BCUT2D eigenvalue weighted by atomic mass is 10.0. The lowest BCUT2D eigenvalue weighted by Gasteiger charge is -2.06. The molecule has 0 radical (unpaired) electrons. The van der Waals surface area contributed by atoms with E-state index in [0.29, 0.717) is 0 Å². The SMILES string of the molecule is CCCNCc1ccc(-c2cccc(F)c2)cc1. The van der Waals surface area contributed by atoms with Crippen molar-refractivity contribution in [2.75, 3.05) is 6.54 Å². The van der Waals surface area contributed by atoms with E-state index < -0.39 is 0 Å². The molecule has 2 rings (SSSR count). The Morgan fingerprint density at radius 1 is 1.00 bits per heavy atom. The average Bonchev–Trinajstić information content (AvgIpc) is 2.40. The summed E-state index contributed by atoms with van der Waals surface area (Å²) in [4.78, 5) is 0. The molecule has 0 heterocycles. The van der Waals surface area contributed by atoms with E-state index in [4.69, 9.17) is 0 Å². The molecule has 0 fully saturated rings. The molecule has 0 spiro atoms. The van der Waals surface area contributed by atoms with Crippen molar-refractivity contribution >= 4 is 0 Å². The maximum atomic E-state index is 13.1. The van der Waals surface area contributed by atoms with Gasteiger partial charge in [0.15, 0.2) is 0 Å². The molecule has 0 aromatic heterocycles. The first-order valence-corrected chi connectivity index (χ1v) is 6.35. The monoisotopic (exact) mass is 243 g/mol. The standard InChI is InChI=1S/C16H18FN/c1-2-10-18-12-13-6-8-14(9-7-13)15-4-3-5-16(17)11-15/h3-9,11,18H,2,10,12H2,1H3. The third kappa shape index (κ3) is 3.41. The molecule has 2 aromatic rings. The highest BCUT2D eigenvalue weighted by Gasteiger charge is 1.99. The van der Waals surface area contributed by atoms with Gasteiger partial charge in [0.2, 0.25) is 0 Å². The van der Waals surface area contributed by atoms with Crippen LogP contribution < -0.4 is 5.32 Å². The highest BCUT2D eigenvalue weighted by atomic mass is 19.1. The van der Waals surface area contributed by atoms with E-state index in [-0.39, 0.29) is 5.82 Å². The maximum absolute atomic E-state index is 13.1. The fourth-order valence-electron chi connectivity index (χ4n) is 1.89. The Hall–Kier alpha value is -1.67. The van der Waals surface area contributed by atoms with Crippen LogP contribution in [0.3, 0.4) is 0 Å². The lowest BCUT2D eigenvalue weighted by molar-refractivity contribution is 0.628. The molecule has 0 aliphatic rings. The van der Waals surface area contributed by atoms with E-state index in [0.717, 1.165) is 30.6 Å². The van der Waals surface area contributed by atoms with Gasteiger partial charge in [0.1, 0.15) is 5.82 Å². The van der Waals surface area contributed by atoms with Crippen molar-refractivity contribution < 1.29 is 4.39 Å². The predicted molar refractivity (Wildman–Crippen MR) is 73.8 cm³/mol. The number of hydrogen-bond acceptors (Lipinski definition) is 1. The first kappa shape index (κ1) is 12.8. The summed E-state index contributed by atoms with van der Waals surface area (Å²) < 4.78 is 13.1. The predicted octanol–water partition coefficient (Wildman–Crippen LogP) is 3.99. The summed E-state index contributed by atoms with van der Waals surface area (Å²) in [5, 5.41) is 3.36. The van der Waals surface area contributed by atoms with E-state index in [1.807, 2.05) is 18.2 Å². The van der Waals surface area contributed by atoms with Gasteiger partial charge in [-0.25, -0.2) is 4.39 Å². The van der Waals surface area contributed by atoms with Gasteiger partial charge in [-0.2, -0.15) is 0 Å². The molecule has 18 heavy (non-hydrogen) atoms. The van der Waals surface area contributed by atoms with Gasteiger partial charge in [0.25, 0.3) is 0 Å². The second-order valence-electron chi connectivity index (χ2n) is 4.38. The van der Waals surface area contributed by atoms with Crippen LogP contribution in [0, 0.1) is 5.82 Å². The van der Waals surface area contributed by atoms with Crippen LogP contribution in [-0.4, -0.2) is 6.54 Å². The van der Waals surface area contributed by atoms with Crippen LogP contribution in [0.2, 0.25) is 0 Å². The fraction of sp³-hybridized carbons (Fsp3) is 0.250. The Balaban J connectivity index is 2.07. The van der Waals surface area contributed by atoms with Crippen LogP contribution in [-0.2, 0) is 6.54 Å². The molecule has 0 atom stereocenters. The number of nitrogens with one attached hydrogen (secondary N) is 1. The second-order valence-corrected chi connectivity index (χ2v) is 4.38. The summed E-state index contributed by atoms with van der Waals surface area (Å²) >= 11 is 0. The highest BCUT2D eigenvalue weighted by molar-refractivity contribution is 5.63. The molecule has 0 aliphatic heterocycles. The van der Waals surface area contributed by atoms with Crippen LogP contribution in [0.4, 0.5) is 4.39 Å². The van der Waals surface area contributed by atoms with E-state index in [9.17, 15) is 4.39 Å². The van der Waals surface area contributed by atoms with Crippen molar-refractivity contribution in [1.82, 2.24) is 5.32 Å². The van der Waals surface area contributed by atoms with E-state index in [1.54, 1.807) is 12.1 Å². The summed E-state index contributed by atoms with van der Waals surface area (Å²) in [6.07, 6.45) is 1.14. The van der Waals surface area contributed by atoms with E-state index >= 15 is 0 Å². The number of halogens is 1. The molecule has 0 saturated heterocycles. The Bertz CT molecular complexity index is 491. The zero-order valence-electron chi connectivity index (χ0n) is 10.6. The smallest absolute Gasteiger partial charge is 0.123 e. The van der Waals surface area contributed by atoms with Crippen LogP contribution in [0.15, 0.2) is 48.5 Å². The van der Waals surface area contributed by atoms with Crippen LogP contribution in [0.25, 0.3) is 11.1 Å². The molecular weight excluding hydrogens is 225 g/mol. The van der Waals surface area contributed by atoms with Crippen molar-refractivity contribution in [2.24, 2.45) is 0 Å². The molecule has 0 bridgehead atoms. The quantitative estimate of drug-likeness (QED) is 0.783. The van der Waals surface area contributed by atoms with Gasteiger partial charge in [-0.15, -0.1) is 0 Å². The summed E-state index contributed by atoms with van der Waals surface area (Å²) in [5.74, 6) is -0.193. The van der Waals surface area contributed by atoms with Crippen molar-refractivity contribution in [2.45, 2.75) is 19.9 Å². The number of rotatable bonds is 5. The van der Waals surface area contributed by atoms with Crippen molar-refractivity contribution in [1.29, 1.82) is 0 Å². The van der Waals surface area contributed by atoms with Crippen molar-refractivity contribution in [3.63, 3.8) is 0 Å². The lowest BCUT2D eigenvalue weighted by Crippen LogP contribution is -2.13. The molecule has 1 nitrogen and oxygen atoms in total. The minimum atomic E-state index is -0.193. The molecule has 0 aliphatic carbocycles. The van der Waals surface area contributed by atoms with E-state index in [2.05, 4.69) is 24.4 Å². The largest absolute Gasteiger partial charge is 0.313 e. The Morgan fingerprint density at radius 3 is 2.44 bits per heavy atom. The summed E-state index contributed by atoms with van der Waals surface area (Å²) in [7, 11) is 0. The first-order valence-electron chi connectivity index (χ1n) is 6.35. The normalized spacial score (nSPS) is 10.6. The molecule has 2 aromatic carbocycles. The minimum Gasteiger partial charge on any atom is -0.313 e. The Morgan fingerprint density at radius 2 is 1.78 bits per heavy atom. The van der Waals surface area contributed by atoms with Crippen LogP contribution in [0.5, 0.6) is 0 Å². The molecular formula is C16H18FN. The zero-order valence-corrected chi connectivity index (χ0v) is 10.6. The van der Waals surface area contributed by atoms with Gasteiger partial charge >= 0.3 is 0 Å².